The highest BCUT2D eigenvalue weighted by Crippen LogP contribution is 1.97. The fourth-order valence-corrected chi connectivity index (χ4v) is 1.38. The van der Waals surface area contributed by atoms with Crippen LogP contribution in [0.3, 0.4) is 0 Å². The lowest BCUT2D eigenvalue weighted by Gasteiger charge is -2.32. The van der Waals surface area contributed by atoms with Crippen molar-refractivity contribution in [1.82, 2.24) is 15.3 Å². The van der Waals surface area contributed by atoms with E-state index in [1.807, 2.05) is 0 Å². The highest BCUT2D eigenvalue weighted by atomic mass is 16.6. The zero-order valence-corrected chi connectivity index (χ0v) is 8.05. The summed E-state index contributed by atoms with van der Waals surface area (Å²) >= 11 is 0. The molecule has 1 fully saturated rings. The van der Waals surface area contributed by atoms with Crippen molar-refractivity contribution in [3.63, 3.8) is 0 Å². The predicted octanol–water partition coefficient (Wildman–Crippen LogP) is -0.615. The number of hydrogen-bond donors (Lipinski definition) is 1. The molecule has 72 valence electrons. The highest BCUT2D eigenvalue weighted by molar-refractivity contribution is 4.68. The normalized spacial score (nSPS) is 21.5. The van der Waals surface area contributed by atoms with E-state index in [4.69, 9.17) is 4.84 Å². The van der Waals surface area contributed by atoms with Gasteiger partial charge in [-0.3, -0.25) is 4.90 Å². The maximum Gasteiger partial charge on any atom is 0.0572 e. The molecular formula is C8H19N3O. The molecule has 1 rings (SSSR count). The summed E-state index contributed by atoms with van der Waals surface area (Å²) in [6.45, 7) is 6.74. The minimum absolute atomic E-state index is 0.917. The number of likely N-dealkylation sites (N-methyl/N-ethyl adjacent to an activating group) is 1. The molecule has 1 aliphatic heterocycles. The summed E-state index contributed by atoms with van der Waals surface area (Å²) in [7, 11) is 3.83. The number of piperazine rings is 1. The fraction of sp³-hybridized carbons (Fsp3) is 1.00. The van der Waals surface area contributed by atoms with Gasteiger partial charge in [0.1, 0.15) is 0 Å². The van der Waals surface area contributed by atoms with Crippen LogP contribution >= 0.6 is 0 Å². The van der Waals surface area contributed by atoms with Gasteiger partial charge < -0.3 is 9.74 Å². The van der Waals surface area contributed by atoms with E-state index in [0.717, 1.165) is 13.1 Å². The average Bonchev–Trinajstić information content (AvgIpc) is 2.09. The SMILES string of the molecule is CONCCN1CCN(C)CC1. The minimum Gasteiger partial charge on any atom is -0.305 e. The lowest BCUT2D eigenvalue weighted by molar-refractivity contribution is 0.0743. The van der Waals surface area contributed by atoms with E-state index in [9.17, 15) is 0 Å². The molecule has 0 aromatic rings. The van der Waals surface area contributed by atoms with Gasteiger partial charge in [-0.2, -0.15) is 0 Å². The molecule has 1 aliphatic rings. The second-order valence-corrected chi connectivity index (χ2v) is 3.24. The summed E-state index contributed by atoms with van der Waals surface area (Å²) < 4.78 is 0. The molecule has 1 heterocycles. The van der Waals surface area contributed by atoms with E-state index in [-0.39, 0.29) is 0 Å². The Bertz CT molecular complexity index is 113. The number of hydrogen-bond acceptors (Lipinski definition) is 4. The molecule has 0 aliphatic carbocycles. The topological polar surface area (TPSA) is 27.7 Å². The number of hydroxylamine groups is 1. The Hall–Kier alpha value is -0.160. The number of nitrogens with one attached hydrogen (secondary N) is 1. The summed E-state index contributed by atoms with van der Waals surface area (Å²) in [5.41, 5.74) is 2.85. The molecule has 1 N–H and O–H groups in total. The first-order valence-corrected chi connectivity index (χ1v) is 4.49. The van der Waals surface area contributed by atoms with Gasteiger partial charge in [0.15, 0.2) is 0 Å². The third-order valence-electron chi connectivity index (χ3n) is 2.27. The Morgan fingerprint density at radius 3 is 2.50 bits per heavy atom. The molecule has 1 saturated heterocycles. The van der Waals surface area contributed by atoms with Crippen LogP contribution in [0, 0.1) is 0 Å². The Kier molecular flexibility index (Phi) is 4.53. The molecule has 0 radical (unpaired) electrons. The predicted molar refractivity (Wildman–Crippen MR) is 48.9 cm³/mol. The largest absolute Gasteiger partial charge is 0.305 e. The van der Waals surface area contributed by atoms with Crippen LogP contribution in [0.5, 0.6) is 0 Å². The van der Waals surface area contributed by atoms with E-state index in [0.29, 0.717) is 0 Å². The van der Waals surface area contributed by atoms with Gasteiger partial charge in [-0.05, 0) is 7.05 Å². The van der Waals surface area contributed by atoms with Crippen molar-refractivity contribution in [2.75, 3.05) is 53.4 Å². The van der Waals surface area contributed by atoms with Crippen molar-refractivity contribution in [2.24, 2.45) is 0 Å². The van der Waals surface area contributed by atoms with E-state index < -0.39 is 0 Å². The van der Waals surface area contributed by atoms with Crippen molar-refractivity contribution in [3.8, 4) is 0 Å². The zero-order chi connectivity index (χ0) is 8.81. The molecule has 0 aromatic carbocycles. The lowest BCUT2D eigenvalue weighted by Crippen LogP contribution is -2.46. The second-order valence-electron chi connectivity index (χ2n) is 3.24. The first kappa shape index (κ1) is 9.92. The van der Waals surface area contributed by atoms with Gasteiger partial charge in [0.2, 0.25) is 0 Å². The van der Waals surface area contributed by atoms with E-state index in [2.05, 4.69) is 22.3 Å². The van der Waals surface area contributed by atoms with E-state index in [1.165, 1.54) is 26.2 Å². The Balaban J connectivity index is 2.01. The quantitative estimate of drug-likeness (QED) is 0.453. The molecule has 0 bridgehead atoms. The molecule has 4 nitrogen and oxygen atoms in total. The van der Waals surface area contributed by atoms with Crippen LogP contribution in [0.1, 0.15) is 0 Å². The van der Waals surface area contributed by atoms with Crippen LogP contribution in [0.2, 0.25) is 0 Å². The van der Waals surface area contributed by atoms with Crippen molar-refractivity contribution >= 4 is 0 Å². The van der Waals surface area contributed by atoms with E-state index >= 15 is 0 Å². The van der Waals surface area contributed by atoms with Crippen LogP contribution in [0.15, 0.2) is 0 Å². The van der Waals surface area contributed by atoms with Crippen molar-refractivity contribution < 1.29 is 4.84 Å². The molecule has 0 amide bonds. The molecule has 12 heavy (non-hydrogen) atoms. The van der Waals surface area contributed by atoms with Crippen LogP contribution in [0.4, 0.5) is 0 Å². The summed E-state index contributed by atoms with van der Waals surface area (Å²) in [5.74, 6) is 0. The molecule has 0 unspecified atom stereocenters. The molecule has 0 atom stereocenters. The molecule has 0 spiro atoms. The van der Waals surface area contributed by atoms with Gasteiger partial charge in [-0.25, -0.2) is 5.48 Å². The summed E-state index contributed by atoms with van der Waals surface area (Å²) in [5, 5.41) is 0. The molecule has 4 heteroatoms. The van der Waals surface area contributed by atoms with Crippen LogP contribution in [-0.4, -0.2) is 63.2 Å². The maximum atomic E-state index is 4.77. The van der Waals surface area contributed by atoms with Crippen LogP contribution < -0.4 is 5.48 Å². The van der Waals surface area contributed by atoms with Crippen molar-refractivity contribution in [1.29, 1.82) is 0 Å². The smallest absolute Gasteiger partial charge is 0.0572 e. The van der Waals surface area contributed by atoms with Gasteiger partial charge in [-0.1, -0.05) is 0 Å². The Labute approximate surface area is 74.4 Å². The number of nitrogens with zero attached hydrogens (tertiary/aromatic N) is 2. The van der Waals surface area contributed by atoms with Gasteiger partial charge >= 0.3 is 0 Å². The minimum atomic E-state index is 0.917. The standard InChI is InChI=1S/C8H19N3O/c1-10-5-7-11(8-6-10)4-3-9-12-2/h9H,3-8H2,1-2H3. The monoisotopic (exact) mass is 173 g/mol. The first-order valence-electron chi connectivity index (χ1n) is 4.49. The van der Waals surface area contributed by atoms with Gasteiger partial charge in [0.05, 0.1) is 7.11 Å². The number of rotatable bonds is 4. The van der Waals surface area contributed by atoms with Crippen LogP contribution in [-0.2, 0) is 4.84 Å². The second kappa shape index (κ2) is 5.48. The summed E-state index contributed by atoms with van der Waals surface area (Å²) in [4.78, 5) is 9.58. The fourth-order valence-electron chi connectivity index (χ4n) is 1.38. The van der Waals surface area contributed by atoms with Crippen LogP contribution in [0.25, 0.3) is 0 Å². The van der Waals surface area contributed by atoms with Crippen molar-refractivity contribution in [2.45, 2.75) is 0 Å². The maximum absolute atomic E-state index is 4.77. The van der Waals surface area contributed by atoms with E-state index in [1.54, 1.807) is 7.11 Å². The third kappa shape index (κ3) is 3.49. The average molecular weight is 173 g/mol. The van der Waals surface area contributed by atoms with Gasteiger partial charge in [0, 0.05) is 39.3 Å². The Morgan fingerprint density at radius 1 is 1.25 bits per heavy atom. The Morgan fingerprint density at radius 2 is 1.92 bits per heavy atom. The van der Waals surface area contributed by atoms with Crippen molar-refractivity contribution in [3.05, 3.63) is 0 Å². The molecular weight excluding hydrogens is 154 g/mol. The zero-order valence-electron chi connectivity index (χ0n) is 8.05. The van der Waals surface area contributed by atoms with Gasteiger partial charge in [0.25, 0.3) is 0 Å². The first-order chi connectivity index (χ1) is 5.83. The lowest BCUT2D eigenvalue weighted by atomic mass is 10.3. The molecule has 0 aromatic heterocycles. The van der Waals surface area contributed by atoms with Gasteiger partial charge in [-0.15, -0.1) is 0 Å². The summed E-state index contributed by atoms with van der Waals surface area (Å²) in [6, 6.07) is 0. The summed E-state index contributed by atoms with van der Waals surface area (Å²) in [6.07, 6.45) is 0. The third-order valence-corrected chi connectivity index (χ3v) is 2.27. The molecule has 0 saturated carbocycles. The highest BCUT2D eigenvalue weighted by Gasteiger charge is 2.12.